The van der Waals surface area contributed by atoms with Crippen molar-refractivity contribution in [3.8, 4) is 0 Å². The molecule has 0 aromatic heterocycles. The Labute approximate surface area is 132 Å². The van der Waals surface area contributed by atoms with E-state index in [0.717, 1.165) is 32.5 Å². The molecule has 6 heteroatoms. The van der Waals surface area contributed by atoms with E-state index in [0.29, 0.717) is 26.1 Å². The first-order valence-electron chi connectivity index (χ1n) is 8.18. The van der Waals surface area contributed by atoms with Crippen LogP contribution in [0, 0.1) is 0 Å². The first-order valence-corrected chi connectivity index (χ1v) is 8.18. The zero-order chi connectivity index (χ0) is 16.0. The maximum absolute atomic E-state index is 12.0. The molecule has 0 unspecified atom stereocenters. The minimum atomic E-state index is -0.819. The maximum Gasteiger partial charge on any atom is 0.315 e. The van der Waals surface area contributed by atoms with Crippen LogP contribution in [0.25, 0.3) is 0 Å². The van der Waals surface area contributed by atoms with Gasteiger partial charge in [-0.05, 0) is 19.8 Å². The van der Waals surface area contributed by atoms with E-state index in [1.54, 1.807) is 0 Å². The largest absolute Gasteiger partial charge is 0.388 e. The zero-order valence-corrected chi connectivity index (χ0v) is 13.6. The van der Waals surface area contributed by atoms with Gasteiger partial charge >= 0.3 is 6.03 Å². The van der Waals surface area contributed by atoms with Crippen LogP contribution in [0.3, 0.4) is 0 Å². The normalized spacial score (nSPS) is 23.0. The molecule has 2 rings (SSSR count). The second-order valence-electron chi connectivity index (χ2n) is 6.67. The van der Waals surface area contributed by atoms with Crippen LogP contribution >= 0.6 is 0 Å². The van der Waals surface area contributed by atoms with Gasteiger partial charge in [-0.15, -0.1) is 0 Å². The number of nitrogens with one attached hydrogen (secondary N) is 2. The fourth-order valence-corrected chi connectivity index (χ4v) is 3.03. The SMILES string of the molecule is C=C(C)CN1CCC(NC(=O)NCC2(O)CCOCC2)CC1. The Bertz CT molecular complexity index is 386. The molecule has 2 aliphatic rings. The number of ether oxygens (including phenoxy) is 1. The van der Waals surface area contributed by atoms with E-state index < -0.39 is 5.60 Å². The molecule has 0 atom stereocenters. The van der Waals surface area contributed by atoms with Crippen molar-refractivity contribution < 1.29 is 14.6 Å². The topological polar surface area (TPSA) is 73.8 Å². The first kappa shape index (κ1) is 17.2. The highest BCUT2D eigenvalue weighted by Crippen LogP contribution is 2.19. The first-order chi connectivity index (χ1) is 10.5. The minimum Gasteiger partial charge on any atom is -0.388 e. The molecule has 0 spiro atoms. The second kappa shape index (κ2) is 7.94. The molecule has 0 bridgehead atoms. The number of nitrogens with zero attached hydrogens (tertiary/aromatic N) is 1. The molecule has 2 fully saturated rings. The Hall–Kier alpha value is -1.11. The van der Waals surface area contributed by atoms with Crippen molar-refractivity contribution in [2.24, 2.45) is 0 Å². The van der Waals surface area contributed by atoms with Crippen molar-refractivity contribution >= 4 is 6.03 Å². The van der Waals surface area contributed by atoms with Gasteiger partial charge in [0.25, 0.3) is 0 Å². The molecular formula is C16H29N3O3. The van der Waals surface area contributed by atoms with Gasteiger partial charge in [0, 0.05) is 58.3 Å². The van der Waals surface area contributed by atoms with Crippen LogP contribution in [0.1, 0.15) is 32.6 Å². The minimum absolute atomic E-state index is 0.182. The fourth-order valence-electron chi connectivity index (χ4n) is 3.03. The van der Waals surface area contributed by atoms with Gasteiger partial charge in [0.15, 0.2) is 0 Å². The number of carbonyl (C=O) groups excluding carboxylic acids is 1. The van der Waals surface area contributed by atoms with Gasteiger partial charge in [0.2, 0.25) is 0 Å². The van der Waals surface area contributed by atoms with E-state index >= 15 is 0 Å². The van der Waals surface area contributed by atoms with Crippen LogP contribution in [0.4, 0.5) is 4.79 Å². The predicted molar refractivity (Wildman–Crippen MR) is 85.8 cm³/mol. The molecule has 2 amide bonds. The lowest BCUT2D eigenvalue weighted by Crippen LogP contribution is -2.52. The van der Waals surface area contributed by atoms with E-state index in [2.05, 4.69) is 22.1 Å². The number of rotatable bonds is 5. The molecule has 126 valence electrons. The standard InChI is InChI=1S/C16H29N3O3/c1-13(2)11-19-7-3-14(4-8-19)18-15(20)17-12-16(21)5-9-22-10-6-16/h14,21H,1,3-12H2,2H3,(H2,17,18,20). The summed E-state index contributed by atoms with van der Waals surface area (Å²) < 4.78 is 5.23. The van der Waals surface area contributed by atoms with Gasteiger partial charge in [0.1, 0.15) is 0 Å². The second-order valence-corrected chi connectivity index (χ2v) is 6.67. The Morgan fingerprint density at radius 1 is 1.36 bits per heavy atom. The number of aliphatic hydroxyl groups is 1. The summed E-state index contributed by atoms with van der Waals surface area (Å²) in [6.07, 6.45) is 3.07. The van der Waals surface area contributed by atoms with Crippen LogP contribution in [0.2, 0.25) is 0 Å². The summed E-state index contributed by atoms with van der Waals surface area (Å²) in [5.74, 6) is 0. The van der Waals surface area contributed by atoms with Gasteiger partial charge in [-0.1, -0.05) is 12.2 Å². The quantitative estimate of drug-likeness (QED) is 0.659. The third-order valence-corrected chi connectivity index (χ3v) is 4.42. The molecule has 0 radical (unpaired) electrons. The predicted octanol–water partition coefficient (Wildman–Crippen LogP) is 0.868. The Morgan fingerprint density at radius 3 is 2.59 bits per heavy atom. The van der Waals surface area contributed by atoms with E-state index in [1.807, 2.05) is 6.92 Å². The van der Waals surface area contributed by atoms with Crippen LogP contribution < -0.4 is 10.6 Å². The lowest BCUT2D eigenvalue weighted by Gasteiger charge is -2.34. The van der Waals surface area contributed by atoms with E-state index in [4.69, 9.17) is 4.74 Å². The summed E-state index contributed by atoms with van der Waals surface area (Å²) in [5.41, 5.74) is 0.356. The molecule has 0 aromatic rings. The van der Waals surface area contributed by atoms with Gasteiger partial charge in [-0.3, -0.25) is 4.90 Å². The third-order valence-electron chi connectivity index (χ3n) is 4.42. The number of hydrogen-bond acceptors (Lipinski definition) is 4. The molecule has 2 aliphatic heterocycles. The highest BCUT2D eigenvalue weighted by molar-refractivity contribution is 5.74. The number of carbonyl (C=O) groups is 1. The number of hydrogen-bond donors (Lipinski definition) is 3. The van der Waals surface area contributed by atoms with Crippen molar-refractivity contribution in [2.45, 2.75) is 44.2 Å². The van der Waals surface area contributed by atoms with Crippen molar-refractivity contribution in [2.75, 3.05) is 39.4 Å². The molecular weight excluding hydrogens is 282 g/mol. The number of amides is 2. The van der Waals surface area contributed by atoms with Crippen molar-refractivity contribution in [3.05, 3.63) is 12.2 Å². The average Bonchev–Trinajstić information content (AvgIpc) is 2.48. The summed E-state index contributed by atoms with van der Waals surface area (Å²) in [7, 11) is 0. The van der Waals surface area contributed by atoms with Crippen molar-refractivity contribution in [1.29, 1.82) is 0 Å². The third kappa shape index (κ3) is 5.59. The summed E-state index contributed by atoms with van der Waals surface area (Å²) in [6.45, 7) is 10.3. The summed E-state index contributed by atoms with van der Waals surface area (Å²) >= 11 is 0. The molecule has 22 heavy (non-hydrogen) atoms. The van der Waals surface area contributed by atoms with E-state index in [1.165, 1.54) is 5.57 Å². The van der Waals surface area contributed by atoms with Crippen LogP contribution in [0.15, 0.2) is 12.2 Å². The Kier molecular flexibility index (Phi) is 6.23. The maximum atomic E-state index is 12.0. The van der Waals surface area contributed by atoms with Gasteiger partial charge < -0.3 is 20.5 Å². The summed E-state index contributed by atoms with van der Waals surface area (Å²) in [6, 6.07) is 0.0315. The number of likely N-dealkylation sites (tertiary alicyclic amines) is 1. The van der Waals surface area contributed by atoms with Crippen molar-refractivity contribution in [3.63, 3.8) is 0 Å². The zero-order valence-electron chi connectivity index (χ0n) is 13.6. The fraction of sp³-hybridized carbons (Fsp3) is 0.812. The monoisotopic (exact) mass is 311 g/mol. The van der Waals surface area contributed by atoms with E-state index in [-0.39, 0.29) is 18.6 Å². The number of urea groups is 1. The lowest BCUT2D eigenvalue weighted by molar-refractivity contribution is -0.0600. The Balaban J connectivity index is 1.64. The lowest BCUT2D eigenvalue weighted by atomic mass is 9.94. The molecule has 0 saturated carbocycles. The summed E-state index contributed by atoms with van der Waals surface area (Å²) in [4.78, 5) is 14.3. The van der Waals surface area contributed by atoms with Gasteiger partial charge in [0.05, 0.1) is 5.60 Å². The average molecular weight is 311 g/mol. The molecule has 2 heterocycles. The van der Waals surface area contributed by atoms with E-state index in [9.17, 15) is 9.90 Å². The molecule has 0 aliphatic carbocycles. The number of piperidine rings is 1. The highest BCUT2D eigenvalue weighted by Gasteiger charge is 2.30. The highest BCUT2D eigenvalue weighted by atomic mass is 16.5. The molecule has 3 N–H and O–H groups in total. The van der Waals surface area contributed by atoms with Crippen LogP contribution in [-0.2, 0) is 4.74 Å². The van der Waals surface area contributed by atoms with Crippen LogP contribution in [0.5, 0.6) is 0 Å². The van der Waals surface area contributed by atoms with Gasteiger partial charge in [-0.25, -0.2) is 4.79 Å². The smallest absolute Gasteiger partial charge is 0.315 e. The molecule has 0 aromatic carbocycles. The van der Waals surface area contributed by atoms with Gasteiger partial charge in [-0.2, -0.15) is 0 Å². The summed E-state index contributed by atoms with van der Waals surface area (Å²) in [5, 5.41) is 16.1. The molecule has 2 saturated heterocycles. The Morgan fingerprint density at radius 2 is 2.00 bits per heavy atom. The van der Waals surface area contributed by atoms with Crippen LogP contribution in [-0.4, -0.2) is 67.1 Å². The molecule has 6 nitrogen and oxygen atoms in total. The van der Waals surface area contributed by atoms with Crippen molar-refractivity contribution in [1.82, 2.24) is 15.5 Å².